The minimum Gasteiger partial charge on any atom is -0.493 e. The van der Waals surface area contributed by atoms with Crippen LogP contribution >= 0.6 is 0 Å². The molecule has 0 bridgehead atoms. The Bertz CT molecular complexity index is 1200. The fraction of sp³-hybridized carbons (Fsp3) is 0.269. The number of carbonyl (C=O) groups excluding carboxylic acids is 1. The Hall–Kier alpha value is -4.05. The van der Waals surface area contributed by atoms with Crippen molar-refractivity contribution in [2.45, 2.75) is 6.04 Å². The van der Waals surface area contributed by atoms with Gasteiger partial charge in [0.15, 0.2) is 11.5 Å². The van der Waals surface area contributed by atoms with Crippen LogP contribution in [0.1, 0.15) is 27.5 Å². The van der Waals surface area contributed by atoms with Gasteiger partial charge in [-0.3, -0.25) is 19.8 Å². The van der Waals surface area contributed by atoms with Crippen LogP contribution in [0.4, 0.5) is 14.5 Å². The molecule has 3 aromatic rings. The molecular formula is C26H25F2N3O5. The number of ether oxygens (including phenoxy) is 2. The Morgan fingerprint density at radius 3 is 1.78 bits per heavy atom. The maximum atomic E-state index is 13.6. The fourth-order valence-corrected chi connectivity index (χ4v) is 4.45. The van der Waals surface area contributed by atoms with Gasteiger partial charge in [-0.2, -0.15) is 0 Å². The lowest BCUT2D eigenvalue weighted by molar-refractivity contribution is -0.385. The second-order valence-corrected chi connectivity index (χ2v) is 8.32. The number of nitro groups is 1. The molecule has 4 rings (SSSR count). The predicted molar refractivity (Wildman–Crippen MR) is 128 cm³/mol. The van der Waals surface area contributed by atoms with E-state index in [1.807, 2.05) is 0 Å². The van der Waals surface area contributed by atoms with Crippen LogP contribution in [0.3, 0.4) is 0 Å². The number of benzene rings is 3. The first-order chi connectivity index (χ1) is 17.3. The zero-order valence-corrected chi connectivity index (χ0v) is 19.8. The summed E-state index contributed by atoms with van der Waals surface area (Å²) in [5.41, 5.74) is 1.21. The Labute approximate surface area is 206 Å². The zero-order chi connectivity index (χ0) is 25.8. The number of carbonyl (C=O) groups is 1. The molecule has 1 aliphatic heterocycles. The molecule has 0 aliphatic carbocycles. The third-order valence-corrected chi connectivity index (χ3v) is 6.27. The van der Waals surface area contributed by atoms with Crippen LogP contribution in [0.2, 0.25) is 0 Å². The van der Waals surface area contributed by atoms with Gasteiger partial charge in [-0.15, -0.1) is 0 Å². The maximum absolute atomic E-state index is 13.6. The minimum atomic E-state index is -0.620. The topological polar surface area (TPSA) is 85.2 Å². The smallest absolute Gasteiger partial charge is 0.286 e. The summed E-state index contributed by atoms with van der Waals surface area (Å²) in [4.78, 5) is 28.0. The average molecular weight is 497 g/mol. The summed E-state index contributed by atoms with van der Waals surface area (Å²) in [6.45, 7) is 1.52. The minimum absolute atomic E-state index is 0.0836. The van der Waals surface area contributed by atoms with E-state index < -0.39 is 10.8 Å². The number of nitrogens with zero attached hydrogens (tertiary/aromatic N) is 3. The summed E-state index contributed by atoms with van der Waals surface area (Å²) in [6.07, 6.45) is 0. The van der Waals surface area contributed by atoms with E-state index in [2.05, 4.69) is 4.90 Å². The lowest BCUT2D eigenvalue weighted by Crippen LogP contribution is -2.50. The summed E-state index contributed by atoms with van der Waals surface area (Å²) in [5.74, 6) is -0.820. The largest absolute Gasteiger partial charge is 0.493 e. The number of amides is 1. The van der Waals surface area contributed by atoms with Crippen LogP contribution in [0.15, 0.2) is 60.7 Å². The van der Waals surface area contributed by atoms with E-state index in [9.17, 15) is 23.7 Å². The van der Waals surface area contributed by atoms with E-state index >= 15 is 0 Å². The van der Waals surface area contributed by atoms with Crippen LogP contribution < -0.4 is 9.47 Å². The van der Waals surface area contributed by atoms with Gasteiger partial charge in [-0.25, -0.2) is 8.78 Å². The first-order valence-electron chi connectivity index (χ1n) is 11.3. The molecule has 36 heavy (non-hydrogen) atoms. The van der Waals surface area contributed by atoms with Crippen LogP contribution in [0.25, 0.3) is 0 Å². The third kappa shape index (κ3) is 5.13. The molecule has 1 amide bonds. The molecule has 1 fully saturated rings. The van der Waals surface area contributed by atoms with Gasteiger partial charge >= 0.3 is 0 Å². The standard InChI is InChI=1S/C26H25F2N3O5/c1-35-23-15-21(22(31(33)34)16-24(23)36-2)26(32)30-13-11-29(12-14-30)25(17-3-7-19(27)8-4-17)18-5-9-20(28)10-6-18/h3-10,15-16,25H,11-14H2,1-2H3. The molecule has 1 heterocycles. The van der Waals surface area contributed by atoms with Crippen molar-refractivity contribution in [3.63, 3.8) is 0 Å². The molecule has 0 atom stereocenters. The molecule has 0 N–H and O–H groups in total. The van der Waals surface area contributed by atoms with Gasteiger partial charge in [0.1, 0.15) is 17.2 Å². The van der Waals surface area contributed by atoms with Crippen LogP contribution in [-0.2, 0) is 0 Å². The summed E-state index contributed by atoms with van der Waals surface area (Å²) in [6, 6.07) is 14.5. The number of methoxy groups -OCH3 is 2. The van der Waals surface area contributed by atoms with Crippen molar-refractivity contribution in [2.75, 3.05) is 40.4 Å². The molecule has 8 nitrogen and oxygen atoms in total. The Balaban J connectivity index is 1.58. The van der Waals surface area contributed by atoms with Gasteiger partial charge in [0.2, 0.25) is 0 Å². The highest BCUT2D eigenvalue weighted by Crippen LogP contribution is 2.36. The second kappa shape index (κ2) is 10.7. The molecule has 0 unspecified atom stereocenters. The number of rotatable bonds is 7. The van der Waals surface area contributed by atoms with Crippen molar-refractivity contribution >= 4 is 11.6 Å². The van der Waals surface area contributed by atoms with Gasteiger partial charge in [-0.1, -0.05) is 24.3 Å². The molecule has 0 radical (unpaired) electrons. The summed E-state index contributed by atoms with van der Waals surface area (Å²) in [7, 11) is 2.75. The lowest BCUT2D eigenvalue weighted by atomic mass is 9.96. The normalized spacial score (nSPS) is 14.1. The summed E-state index contributed by atoms with van der Waals surface area (Å²) < 4.78 is 37.5. The molecule has 1 saturated heterocycles. The van der Waals surface area contributed by atoms with E-state index in [1.54, 1.807) is 29.2 Å². The third-order valence-electron chi connectivity index (χ3n) is 6.27. The van der Waals surface area contributed by atoms with Crippen LogP contribution in [0, 0.1) is 21.7 Å². The number of hydrogen-bond donors (Lipinski definition) is 0. The van der Waals surface area contributed by atoms with Crippen molar-refractivity contribution in [1.82, 2.24) is 9.80 Å². The van der Waals surface area contributed by atoms with Gasteiger partial charge in [0.05, 0.1) is 31.3 Å². The number of piperazine rings is 1. The highest BCUT2D eigenvalue weighted by atomic mass is 19.1. The summed E-state index contributed by atoms with van der Waals surface area (Å²) >= 11 is 0. The van der Waals surface area contributed by atoms with Crippen LogP contribution in [-0.4, -0.2) is 61.0 Å². The van der Waals surface area contributed by atoms with E-state index in [1.165, 1.54) is 50.6 Å². The van der Waals surface area contributed by atoms with Gasteiger partial charge in [0, 0.05) is 32.2 Å². The molecule has 0 saturated carbocycles. The average Bonchev–Trinajstić information content (AvgIpc) is 2.90. The maximum Gasteiger partial charge on any atom is 0.286 e. The molecule has 10 heteroatoms. The van der Waals surface area contributed by atoms with Gasteiger partial charge < -0.3 is 14.4 Å². The van der Waals surface area contributed by atoms with Gasteiger partial charge in [0.25, 0.3) is 11.6 Å². The molecular weight excluding hydrogens is 472 g/mol. The van der Waals surface area contributed by atoms with Crippen LogP contribution in [0.5, 0.6) is 11.5 Å². The number of halogens is 2. The zero-order valence-electron chi connectivity index (χ0n) is 19.8. The highest BCUT2D eigenvalue weighted by molar-refractivity contribution is 5.99. The molecule has 188 valence electrons. The van der Waals surface area contributed by atoms with Crippen molar-refractivity contribution < 1.29 is 28.0 Å². The molecule has 1 aliphatic rings. The molecule has 3 aromatic carbocycles. The Morgan fingerprint density at radius 1 is 0.861 bits per heavy atom. The number of hydrogen-bond acceptors (Lipinski definition) is 6. The lowest BCUT2D eigenvalue weighted by Gasteiger charge is -2.39. The highest BCUT2D eigenvalue weighted by Gasteiger charge is 2.32. The Kier molecular flexibility index (Phi) is 7.44. The number of nitro benzene ring substituents is 1. The SMILES string of the molecule is COc1cc(C(=O)N2CCN(C(c3ccc(F)cc3)c3ccc(F)cc3)CC2)c([N+](=O)[O-])cc1OC. The Morgan fingerprint density at radius 2 is 1.33 bits per heavy atom. The monoisotopic (exact) mass is 497 g/mol. The van der Waals surface area contributed by atoms with E-state index in [0.717, 1.165) is 11.1 Å². The fourth-order valence-electron chi connectivity index (χ4n) is 4.45. The van der Waals surface area contributed by atoms with E-state index in [4.69, 9.17) is 9.47 Å². The second-order valence-electron chi connectivity index (χ2n) is 8.32. The van der Waals surface area contributed by atoms with Gasteiger partial charge in [-0.05, 0) is 35.4 Å². The van der Waals surface area contributed by atoms with Crippen molar-refractivity contribution in [3.05, 3.63) is 99.1 Å². The first kappa shape index (κ1) is 25.1. The van der Waals surface area contributed by atoms with Crippen molar-refractivity contribution in [2.24, 2.45) is 0 Å². The van der Waals surface area contributed by atoms with E-state index in [0.29, 0.717) is 26.2 Å². The molecule has 0 aromatic heterocycles. The summed E-state index contributed by atoms with van der Waals surface area (Å²) in [5, 5.41) is 11.7. The van der Waals surface area contributed by atoms with Crippen molar-refractivity contribution in [1.29, 1.82) is 0 Å². The van der Waals surface area contributed by atoms with Crippen molar-refractivity contribution in [3.8, 4) is 11.5 Å². The molecule has 0 spiro atoms. The predicted octanol–water partition coefficient (Wildman–Crippen LogP) is 4.44. The first-order valence-corrected chi connectivity index (χ1v) is 11.3. The quantitative estimate of drug-likeness (QED) is 0.355. The van der Waals surface area contributed by atoms with E-state index in [-0.39, 0.29) is 40.4 Å².